The second-order valence-corrected chi connectivity index (χ2v) is 7.77. The van der Waals surface area contributed by atoms with Crippen LogP contribution in [-0.4, -0.2) is 13.5 Å². The van der Waals surface area contributed by atoms with Gasteiger partial charge in [0.15, 0.2) is 0 Å². The number of aryl methyl sites for hydroxylation is 2. The first-order chi connectivity index (χ1) is 8.79. The standard InChI is InChI=1S/C12H12ClNO3S2/c1-7-5-8(2)12(15)9(6-7)14-19(16,17)11-4-3-10(13)18-11/h3-6,14-15H,1-2H3. The van der Waals surface area contributed by atoms with Crippen molar-refractivity contribution in [2.24, 2.45) is 0 Å². The van der Waals surface area contributed by atoms with Gasteiger partial charge in [0, 0.05) is 0 Å². The molecule has 2 aromatic rings. The van der Waals surface area contributed by atoms with E-state index in [0.29, 0.717) is 9.90 Å². The van der Waals surface area contributed by atoms with Gasteiger partial charge in [-0.25, -0.2) is 8.42 Å². The van der Waals surface area contributed by atoms with E-state index in [2.05, 4.69) is 4.72 Å². The quantitative estimate of drug-likeness (QED) is 0.851. The number of halogens is 1. The normalized spacial score (nSPS) is 11.5. The number of phenolic OH excluding ortho intramolecular Hbond substituents is 1. The van der Waals surface area contributed by atoms with Gasteiger partial charge in [-0.15, -0.1) is 11.3 Å². The molecule has 102 valence electrons. The average molecular weight is 318 g/mol. The van der Waals surface area contributed by atoms with E-state index in [1.807, 2.05) is 6.92 Å². The number of hydrogen-bond donors (Lipinski definition) is 2. The molecule has 0 spiro atoms. The molecule has 0 fully saturated rings. The Hall–Kier alpha value is -1.24. The van der Waals surface area contributed by atoms with E-state index >= 15 is 0 Å². The second-order valence-electron chi connectivity index (χ2n) is 4.14. The minimum absolute atomic E-state index is 0.0724. The maximum absolute atomic E-state index is 12.1. The molecule has 2 N–H and O–H groups in total. The number of benzene rings is 1. The van der Waals surface area contributed by atoms with Crippen molar-refractivity contribution in [3.05, 3.63) is 39.7 Å². The number of hydrogen-bond acceptors (Lipinski definition) is 4. The zero-order valence-corrected chi connectivity index (χ0v) is 12.7. The molecule has 1 aromatic heterocycles. The van der Waals surface area contributed by atoms with Crippen LogP contribution in [0.15, 0.2) is 28.5 Å². The lowest BCUT2D eigenvalue weighted by molar-refractivity contribution is 0.473. The van der Waals surface area contributed by atoms with Crippen molar-refractivity contribution in [2.45, 2.75) is 18.1 Å². The van der Waals surface area contributed by atoms with Gasteiger partial charge in [-0.1, -0.05) is 17.7 Å². The van der Waals surface area contributed by atoms with Crippen LogP contribution in [0.25, 0.3) is 0 Å². The first-order valence-electron chi connectivity index (χ1n) is 5.38. The first-order valence-corrected chi connectivity index (χ1v) is 8.06. The Morgan fingerprint density at radius 1 is 1.26 bits per heavy atom. The molecule has 0 aliphatic rings. The van der Waals surface area contributed by atoms with Crippen LogP contribution in [0.1, 0.15) is 11.1 Å². The summed E-state index contributed by atoms with van der Waals surface area (Å²) in [6.45, 7) is 3.54. The highest BCUT2D eigenvalue weighted by atomic mass is 35.5. The monoisotopic (exact) mass is 317 g/mol. The van der Waals surface area contributed by atoms with Crippen LogP contribution in [0.5, 0.6) is 5.75 Å². The van der Waals surface area contributed by atoms with Gasteiger partial charge in [0.05, 0.1) is 10.0 Å². The molecule has 7 heteroatoms. The third-order valence-corrected chi connectivity index (χ3v) is 5.59. The fourth-order valence-electron chi connectivity index (χ4n) is 1.67. The predicted octanol–water partition coefficient (Wildman–Crippen LogP) is 3.52. The molecule has 0 saturated heterocycles. The smallest absolute Gasteiger partial charge is 0.271 e. The summed E-state index contributed by atoms with van der Waals surface area (Å²) in [4.78, 5) is 0. The van der Waals surface area contributed by atoms with Crippen molar-refractivity contribution in [3.8, 4) is 5.75 Å². The summed E-state index contributed by atoms with van der Waals surface area (Å²) < 4.78 is 27.1. The third kappa shape index (κ3) is 3.02. The number of thiophene rings is 1. The molecule has 0 unspecified atom stereocenters. The van der Waals surface area contributed by atoms with Crippen molar-refractivity contribution >= 4 is 38.6 Å². The lowest BCUT2D eigenvalue weighted by Crippen LogP contribution is -2.11. The predicted molar refractivity (Wildman–Crippen MR) is 77.7 cm³/mol. The van der Waals surface area contributed by atoms with Crippen molar-refractivity contribution in [1.82, 2.24) is 0 Å². The topological polar surface area (TPSA) is 66.4 Å². The molecule has 0 atom stereocenters. The number of anilines is 1. The highest BCUT2D eigenvalue weighted by molar-refractivity contribution is 7.94. The van der Waals surface area contributed by atoms with Gasteiger partial charge in [0.1, 0.15) is 9.96 Å². The molecule has 19 heavy (non-hydrogen) atoms. The molecule has 1 heterocycles. The van der Waals surface area contributed by atoms with Crippen molar-refractivity contribution in [1.29, 1.82) is 0 Å². The van der Waals surface area contributed by atoms with E-state index in [0.717, 1.165) is 16.9 Å². The molecule has 1 aromatic carbocycles. The Balaban J connectivity index is 2.41. The van der Waals surface area contributed by atoms with Gasteiger partial charge in [0.2, 0.25) is 0 Å². The van der Waals surface area contributed by atoms with E-state index in [-0.39, 0.29) is 15.6 Å². The van der Waals surface area contributed by atoms with E-state index in [1.54, 1.807) is 19.1 Å². The zero-order valence-electron chi connectivity index (χ0n) is 10.3. The molecule has 0 saturated carbocycles. The number of sulfonamides is 1. The fourth-order valence-corrected chi connectivity index (χ4v) is 4.21. The Morgan fingerprint density at radius 3 is 2.53 bits per heavy atom. The van der Waals surface area contributed by atoms with Crippen LogP contribution in [0.3, 0.4) is 0 Å². The SMILES string of the molecule is Cc1cc(C)c(O)c(NS(=O)(=O)c2ccc(Cl)s2)c1. The summed E-state index contributed by atoms with van der Waals surface area (Å²) in [5.74, 6) is -0.0724. The van der Waals surface area contributed by atoms with Crippen molar-refractivity contribution in [2.75, 3.05) is 4.72 Å². The van der Waals surface area contributed by atoms with Gasteiger partial charge >= 0.3 is 0 Å². The lowest BCUT2D eigenvalue weighted by atomic mass is 10.1. The van der Waals surface area contributed by atoms with E-state index in [4.69, 9.17) is 11.6 Å². The maximum Gasteiger partial charge on any atom is 0.271 e. The van der Waals surface area contributed by atoms with Crippen molar-refractivity contribution in [3.63, 3.8) is 0 Å². The van der Waals surface area contributed by atoms with Crippen LogP contribution >= 0.6 is 22.9 Å². The Labute approximate surface area is 120 Å². The number of rotatable bonds is 3. The fraction of sp³-hybridized carbons (Fsp3) is 0.167. The summed E-state index contributed by atoms with van der Waals surface area (Å²) in [5.41, 5.74) is 1.64. The largest absolute Gasteiger partial charge is 0.505 e. The van der Waals surface area contributed by atoms with Gasteiger partial charge < -0.3 is 5.11 Å². The van der Waals surface area contributed by atoms with Crippen LogP contribution in [0, 0.1) is 13.8 Å². The molecule has 0 aliphatic heterocycles. The van der Waals surface area contributed by atoms with Gasteiger partial charge in [-0.2, -0.15) is 0 Å². The average Bonchev–Trinajstić information content (AvgIpc) is 2.72. The van der Waals surface area contributed by atoms with E-state index < -0.39 is 10.0 Å². The second kappa shape index (κ2) is 5.03. The third-order valence-electron chi connectivity index (χ3n) is 2.50. The van der Waals surface area contributed by atoms with Crippen LogP contribution in [-0.2, 0) is 10.0 Å². The summed E-state index contributed by atoms with van der Waals surface area (Å²) >= 11 is 6.69. The van der Waals surface area contributed by atoms with Crippen LogP contribution < -0.4 is 4.72 Å². The van der Waals surface area contributed by atoms with E-state index in [9.17, 15) is 13.5 Å². The van der Waals surface area contributed by atoms with Crippen molar-refractivity contribution < 1.29 is 13.5 Å². The number of nitrogens with one attached hydrogen (secondary N) is 1. The molecular weight excluding hydrogens is 306 g/mol. The summed E-state index contributed by atoms with van der Waals surface area (Å²) in [6.07, 6.45) is 0. The molecule has 4 nitrogen and oxygen atoms in total. The van der Waals surface area contributed by atoms with E-state index in [1.165, 1.54) is 12.1 Å². The van der Waals surface area contributed by atoms with Crippen LogP contribution in [0.4, 0.5) is 5.69 Å². The molecule has 0 radical (unpaired) electrons. The van der Waals surface area contributed by atoms with Gasteiger partial charge in [-0.3, -0.25) is 4.72 Å². The lowest BCUT2D eigenvalue weighted by Gasteiger charge is -2.11. The van der Waals surface area contributed by atoms with Gasteiger partial charge in [0.25, 0.3) is 10.0 Å². The number of aromatic hydroxyl groups is 1. The summed E-state index contributed by atoms with van der Waals surface area (Å²) in [5, 5.41) is 9.89. The highest BCUT2D eigenvalue weighted by Gasteiger charge is 2.19. The minimum Gasteiger partial charge on any atom is -0.505 e. The molecular formula is C12H12ClNO3S2. The molecule has 0 amide bonds. The molecule has 2 rings (SSSR count). The summed E-state index contributed by atoms with van der Waals surface area (Å²) in [6, 6.07) is 6.29. The maximum atomic E-state index is 12.1. The molecule has 0 aliphatic carbocycles. The number of phenols is 1. The Bertz CT molecular complexity index is 723. The molecule has 0 bridgehead atoms. The Kier molecular flexibility index (Phi) is 3.75. The minimum atomic E-state index is -3.72. The first kappa shape index (κ1) is 14.2. The zero-order chi connectivity index (χ0) is 14.2. The highest BCUT2D eigenvalue weighted by Crippen LogP contribution is 2.32. The summed E-state index contributed by atoms with van der Waals surface area (Å²) in [7, 11) is -3.72. The Morgan fingerprint density at radius 2 is 1.95 bits per heavy atom. The van der Waals surface area contributed by atoms with Gasteiger partial charge in [-0.05, 0) is 43.2 Å². The van der Waals surface area contributed by atoms with Crippen LogP contribution in [0.2, 0.25) is 4.34 Å².